The number of rotatable bonds is 1. The molecular formula is C14H14N2O3. The van der Waals surface area contributed by atoms with Gasteiger partial charge in [0, 0.05) is 22.7 Å². The van der Waals surface area contributed by atoms with E-state index in [4.69, 9.17) is 9.94 Å². The van der Waals surface area contributed by atoms with Gasteiger partial charge < -0.3 is 9.94 Å². The fraction of sp³-hybridized carbons (Fsp3) is 0.214. The molecule has 0 saturated carbocycles. The molecule has 0 fully saturated rings. The van der Waals surface area contributed by atoms with Crippen molar-refractivity contribution < 1.29 is 14.7 Å². The van der Waals surface area contributed by atoms with Crippen LogP contribution < -0.4 is 0 Å². The highest BCUT2D eigenvalue weighted by molar-refractivity contribution is 6.43. The topological polar surface area (TPSA) is 71.8 Å². The predicted molar refractivity (Wildman–Crippen MR) is 72.1 cm³/mol. The van der Waals surface area contributed by atoms with Gasteiger partial charge in [-0.15, -0.1) is 0 Å². The van der Waals surface area contributed by atoms with Gasteiger partial charge in [-0.3, -0.25) is 4.98 Å². The number of benzene rings is 1. The number of pyridine rings is 1. The van der Waals surface area contributed by atoms with Crippen molar-refractivity contribution in [2.75, 3.05) is 0 Å². The molecule has 1 aliphatic heterocycles. The van der Waals surface area contributed by atoms with Crippen molar-refractivity contribution >= 4 is 22.6 Å². The van der Waals surface area contributed by atoms with Gasteiger partial charge in [-0.05, 0) is 6.07 Å². The first-order valence-corrected chi connectivity index (χ1v) is 6.07. The van der Waals surface area contributed by atoms with Crippen molar-refractivity contribution in [1.29, 1.82) is 0 Å². The zero-order chi connectivity index (χ0) is 13.8. The maximum Gasteiger partial charge on any atom is 0.358 e. The SMILES string of the molecule is CC.O=C(O)C1=NOCc2c1ccc1cccnc21. The number of oxime groups is 1. The summed E-state index contributed by atoms with van der Waals surface area (Å²) in [5.74, 6) is -1.10. The average Bonchev–Trinajstić information content (AvgIpc) is 2.48. The molecule has 1 aromatic carbocycles. The molecule has 0 amide bonds. The molecule has 0 aliphatic carbocycles. The van der Waals surface area contributed by atoms with Gasteiger partial charge in [0.2, 0.25) is 0 Å². The van der Waals surface area contributed by atoms with Crippen LogP contribution in [0.4, 0.5) is 0 Å². The van der Waals surface area contributed by atoms with Gasteiger partial charge in [0.1, 0.15) is 6.61 Å². The van der Waals surface area contributed by atoms with Crippen LogP contribution in [0.1, 0.15) is 25.0 Å². The van der Waals surface area contributed by atoms with Crippen LogP contribution in [-0.2, 0) is 16.2 Å². The maximum absolute atomic E-state index is 11.0. The maximum atomic E-state index is 11.0. The van der Waals surface area contributed by atoms with E-state index in [-0.39, 0.29) is 12.3 Å². The van der Waals surface area contributed by atoms with Crippen LogP contribution in [0.15, 0.2) is 35.6 Å². The molecule has 1 aliphatic rings. The second kappa shape index (κ2) is 5.48. The molecule has 98 valence electrons. The molecule has 5 nitrogen and oxygen atoms in total. The molecule has 0 saturated heterocycles. The molecule has 0 spiro atoms. The Morgan fingerprint density at radius 3 is 2.84 bits per heavy atom. The first-order valence-electron chi connectivity index (χ1n) is 6.07. The third kappa shape index (κ3) is 2.27. The smallest absolute Gasteiger partial charge is 0.358 e. The molecule has 2 heterocycles. The molecule has 0 bridgehead atoms. The van der Waals surface area contributed by atoms with Gasteiger partial charge in [0.15, 0.2) is 5.71 Å². The summed E-state index contributed by atoms with van der Waals surface area (Å²) < 4.78 is 0. The lowest BCUT2D eigenvalue weighted by Crippen LogP contribution is -2.20. The number of carboxylic acid groups (broad SMARTS) is 1. The fourth-order valence-electron chi connectivity index (χ4n) is 1.94. The highest BCUT2D eigenvalue weighted by atomic mass is 16.6. The number of fused-ring (bicyclic) bond motifs is 3. The Hall–Kier alpha value is -2.43. The van der Waals surface area contributed by atoms with Crippen molar-refractivity contribution in [2.45, 2.75) is 20.5 Å². The second-order valence-corrected chi connectivity index (χ2v) is 3.69. The third-order valence-corrected chi connectivity index (χ3v) is 2.70. The second-order valence-electron chi connectivity index (χ2n) is 3.69. The minimum atomic E-state index is -1.10. The van der Waals surface area contributed by atoms with Gasteiger partial charge >= 0.3 is 5.97 Å². The molecule has 0 unspecified atom stereocenters. The Bertz CT molecular complexity index is 650. The number of nitrogens with zero attached hydrogens (tertiary/aromatic N) is 2. The Kier molecular flexibility index (Phi) is 3.75. The first kappa shape index (κ1) is 13.0. The van der Waals surface area contributed by atoms with Crippen LogP contribution in [0.2, 0.25) is 0 Å². The van der Waals surface area contributed by atoms with Crippen molar-refractivity contribution in [2.24, 2.45) is 5.16 Å². The van der Waals surface area contributed by atoms with Crippen LogP contribution in [0.25, 0.3) is 10.9 Å². The Morgan fingerprint density at radius 1 is 1.32 bits per heavy atom. The normalized spacial score (nSPS) is 12.6. The molecule has 19 heavy (non-hydrogen) atoms. The van der Waals surface area contributed by atoms with E-state index in [1.807, 2.05) is 32.0 Å². The molecule has 0 atom stereocenters. The van der Waals surface area contributed by atoms with Crippen molar-refractivity contribution in [3.05, 3.63) is 41.6 Å². The Morgan fingerprint density at radius 2 is 2.11 bits per heavy atom. The van der Waals surface area contributed by atoms with E-state index < -0.39 is 5.97 Å². The van der Waals surface area contributed by atoms with E-state index in [2.05, 4.69) is 10.1 Å². The molecule has 5 heteroatoms. The zero-order valence-electron chi connectivity index (χ0n) is 10.8. The summed E-state index contributed by atoms with van der Waals surface area (Å²) in [5.41, 5.74) is 2.04. The minimum Gasteiger partial charge on any atom is -0.476 e. The highest BCUT2D eigenvalue weighted by Crippen LogP contribution is 2.25. The van der Waals surface area contributed by atoms with E-state index >= 15 is 0 Å². The zero-order valence-corrected chi connectivity index (χ0v) is 10.8. The first-order chi connectivity index (χ1) is 9.27. The number of hydrogen-bond donors (Lipinski definition) is 1. The van der Waals surface area contributed by atoms with Crippen LogP contribution in [0, 0.1) is 0 Å². The summed E-state index contributed by atoms with van der Waals surface area (Å²) >= 11 is 0. The van der Waals surface area contributed by atoms with E-state index in [1.165, 1.54) is 0 Å². The van der Waals surface area contributed by atoms with E-state index in [9.17, 15) is 4.79 Å². The number of aliphatic carboxylic acids is 1. The quantitative estimate of drug-likeness (QED) is 0.853. The summed E-state index contributed by atoms with van der Waals surface area (Å²) in [7, 11) is 0. The number of aromatic nitrogens is 1. The lowest BCUT2D eigenvalue weighted by molar-refractivity contribution is -0.129. The third-order valence-electron chi connectivity index (χ3n) is 2.70. The lowest BCUT2D eigenvalue weighted by atomic mass is 9.99. The van der Waals surface area contributed by atoms with Crippen LogP contribution >= 0.6 is 0 Å². The summed E-state index contributed by atoms with van der Waals surface area (Å²) in [5, 5.41) is 13.6. The van der Waals surface area contributed by atoms with Gasteiger partial charge in [0.05, 0.1) is 5.52 Å². The van der Waals surface area contributed by atoms with Gasteiger partial charge in [-0.1, -0.05) is 37.2 Å². The predicted octanol–water partition coefficient (Wildman–Crippen LogP) is 2.58. The van der Waals surface area contributed by atoms with Crippen molar-refractivity contribution in [3.63, 3.8) is 0 Å². The van der Waals surface area contributed by atoms with Gasteiger partial charge in [-0.25, -0.2) is 4.79 Å². The van der Waals surface area contributed by atoms with Gasteiger partial charge in [-0.2, -0.15) is 0 Å². The molecule has 3 rings (SSSR count). The summed E-state index contributed by atoms with van der Waals surface area (Å²) in [4.78, 5) is 20.2. The number of carbonyl (C=O) groups is 1. The summed E-state index contributed by atoms with van der Waals surface area (Å²) in [6.45, 7) is 4.25. The Labute approximate surface area is 110 Å². The number of hydrogen-bond acceptors (Lipinski definition) is 4. The van der Waals surface area contributed by atoms with E-state index in [0.29, 0.717) is 5.56 Å². The highest BCUT2D eigenvalue weighted by Gasteiger charge is 2.23. The van der Waals surface area contributed by atoms with Crippen LogP contribution in [-0.4, -0.2) is 21.8 Å². The average molecular weight is 258 g/mol. The van der Waals surface area contributed by atoms with E-state index in [0.717, 1.165) is 16.5 Å². The molecular weight excluding hydrogens is 244 g/mol. The molecule has 2 aromatic rings. The van der Waals surface area contributed by atoms with Crippen molar-refractivity contribution in [3.8, 4) is 0 Å². The van der Waals surface area contributed by atoms with Crippen LogP contribution in [0.5, 0.6) is 0 Å². The summed E-state index contributed by atoms with van der Waals surface area (Å²) in [6, 6.07) is 7.35. The monoisotopic (exact) mass is 258 g/mol. The fourth-order valence-corrected chi connectivity index (χ4v) is 1.94. The number of carboxylic acids is 1. The lowest BCUT2D eigenvalue weighted by Gasteiger charge is -2.15. The van der Waals surface area contributed by atoms with Crippen LogP contribution in [0.3, 0.4) is 0 Å². The molecule has 1 aromatic heterocycles. The largest absolute Gasteiger partial charge is 0.476 e. The van der Waals surface area contributed by atoms with Crippen molar-refractivity contribution in [1.82, 2.24) is 4.98 Å². The minimum absolute atomic E-state index is 0.0706. The Balaban J connectivity index is 0.000000637. The van der Waals surface area contributed by atoms with Gasteiger partial charge in [0.25, 0.3) is 0 Å². The molecule has 1 N–H and O–H groups in total. The molecule has 0 radical (unpaired) electrons. The summed E-state index contributed by atoms with van der Waals surface area (Å²) in [6.07, 6.45) is 1.68. The standard InChI is InChI=1S/C12H8N2O3.C2H6/c15-12(16)11-8-4-3-7-2-1-5-13-10(7)9(8)6-17-14-11;1-2/h1-5H,6H2,(H,15,16);1-2H3. The van der Waals surface area contributed by atoms with E-state index in [1.54, 1.807) is 12.3 Å².